The van der Waals surface area contributed by atoms with Crippen LogP contribution in [0.4, 0.5) is 0 Å². The fourth-order valence-corrected chi connectivity index (χ4v) is 8.78. The molecule has 0 spiro atoms. The van der Waals surface area contributed by atoms with Crippen LogP contribution in [0.2, 0.25) is 0 Å². The van der Waals surface area contributed by atoms with E-state index in [-0.39, 0.29) is 17.4 Å². The van der Waals surface area contributed by atoms with Crippen molar-refractivity contribution in [3.8, 4) is 0 Å². The van der Waals surface area contributed by atoms with Crippen molar-refractivity contribution in [1.29, 1.82) is 0 Å². The molecule has 1 aliphatic heterocycles. The van der Waals surface area contributed by atoms with Gasteiger partial charge >= 0.3 is 0 Å². The number of nitrogens with zero attached hydrogens (tertiary/aromatic N) is 1. The van der Waals surface area contributed by atoms with E-state index in [9.17, 15) is 10.2 Å². The summed E-state index contributed by atoms with van der Waals surface area (Å²) in [5.74, 6) is 0.757. The van der Waals surface area contributed by atoms with Crippen molar-refractivity contribution in [1.82, 2.24) is 10.6 Å². The van der Waals surface area contributed by atoms with Gasteiger partial charge in [0, 0.05) is 37.0 Å². The average Bonchev–Trinajstić information content (AvgIpc) is 3.05. The zero-order chi connectivity index (χ0) is 18.9. The van der Waals surface area contributed by atoms with E-state index in [0.29, 0.717) is 23.2 Å². The van der Waals surface area contributed by atoms with Crippen molar-refractivity contribution >= 4 is 0 Å². The topological polar surface area (TPSA) is 66.6 Å². The van der Waals surface area contributed by atoms with Crippen LogP contribution in [0.3, 0.4) is 0 Å². The monoisotopic (exact) mass is 375 g/mol. The average molecular weight is 376 g/mol. The van der Waals surface area contributed by atoms with Crippen molar-refractivity contribution in [3.63, 3.8) is 0 Å². The van der Waals surface area contributed by atoms with E-state index in [4.69, 9.17) is 5.32 Å². The molecule has 4 nitrogen and oxygen atoms in total. The standard InChI is InChI=1S/C23H39N2O2/c1-21-10-3-4-17(21)16-7-5-15-6-8-19(20-14-24-12-13-25-20)23(26,27)22(15,2)18(16)9-11-21/h15-20,24,26-27H,3-14H2,1-2H3/t15?,16-,17-,18-,19?,20?,21-,22-/m0/s1. The van der Waals surface area contributed by atoms with Gasteiger partial charge in [-0.15, -0.1) is 0 Å². The fraction of sp³-hybridized carbons (Fsp3) is 1.00. The minimum absolute atomic E-state index is 0.0623. The first-order chi connectivity index (χ1) is 12.9. The summed E-state index contributed by atoms with van der Waals surface area (Å²) in [5.41, 5.74) is 0.157. The summed E-state index contributed by atoms with van der Waals surface area (Å²) in [6.45, 7) is 7.33. The molecule has 0 aromatic heterocycles. The molecule has 27 heavy (non-hydrogen) atoms. The third-order valence-corrected chi connectivity index (χ3v) is 10.3. The van der Waals surface area contributed by atoms with Gasteiger partial charge in [-0.1, -0.05) is 20.3 Å². The Morgan fingerprint density at radius 3 is 2.48 bits per heavy atom. The van der Waals surface area contributed by atoms with E-state index >= 15 is 0 Å². The molecule has 1 heterocycles. The Balaban J connectivity index is 1.47. The van der Waals surface area contributed by atoms with Crippen LogP contribution in [-0.2, 0) is 0 Å². The second kappa shape index (κ2) is 6.42. The fourth-order valence-electron chi connectivity index (χ4n) is 8.78. The summed E-state index contributed by atoms with van der Waals surface area (Å²) >= 11 is 0. The largest absolute Gasteiger partial charge is 0.365 e. The molecule has 4 aliphatic carbocycles. The van der Waals surface area contributed by atoms with E-state index in [2.05, 4.69) is 19.2 Å². The third-order valence-electron chi connectivity index (χ3n) is 10.3. The van der Waals surface area contributed by atoms with Crippen LogP contribution in [0.25, 0.3) is 0 Å². The molecule has 3 N–H and O–H groups in total. The van der Waals surface area contributed by atoms with Crippen LogP contribution >= 0.6 is 0 Å². The van der Waals surface area contributed by atoms with Gasteiger partial charge in [-0.3, -0.25) is 0 Å². The molecule has 153 valence electrons. The van der Waals surface area contributed by atoms with Crippen molar-refractivity contribution in [2.75, 3.05) is 19.6 Å². The molecular weight excluding hydrogens is 336 g/mol. The molecule has 4 saturated carbocycles. The molecule has 1 saturated heterocycles. The number of fused-ring (bicyclic) bond motifs is 5. The summed E-state index contributed by atoms with van der Waals surface area (Å²) in [6, 6.07) is 0.0623. The van der Waals surface area contributed by atoms with Crippen LogP contribution in [0.1, 0.15) is 71.6 Å². The van der Waals surface area contributed by atoms with Crippen LogP contribution < -0.4 is 10.6 Å². The van der Waals surface area contributed by atoms with Crippen molar-refractivity contribution in [2.45, 2.75) is 83.5 Å². The molecule has 3 unspecified atom stereocenters. The van der Waals surface area contributed by atoms with Crippen LogP contribution in [-0.4, -0.2) is 41.7 Å². The number of piperazine rings is 1. The predicted octanol–water partition coefficient (Wildman–Crippen LogP) is 2.90. The van der Waals surface area contributed by atoms with E-state index in [1.165, 1.54) is 44.9 Å². The van der Waals surface area contributed by atoms with Gasteiger partial charge in [-0.2, -0.15) is 0 Å². The maximum Gasteiger partial charge on any atom is 0.173 e. The maximum atomic E-state index is 11.8. The van der Waals surface area contributed by atoms with Crippen molar-refractivity contribution < 1.29 is 10.2 Å². The molecule has 0 aromatic carbocycles. The molecule has 8 atom stereocenters. The van der Waals surface area contributed by atoms with Gasteiger partial charge in [0.25, 0.3) is 0 Å². The van der Waals surface area contributed by atoms with E-state index < -0.39 is 5.79 Å². The quantitative estimate of drug-likeness (QED) is 0.618. The molecule has 5 fully saturated rings. The van der Waals surface area contributed by atoms with E-state index in [1.807, 2.05) is 0 Å². The Hall–Kier alpha value is -0.160. The van der Waals surface area contributed by atoms with Gasteiger partial charge in [-0.05, 0) is 80.5 Å². The number of hydrogen-bond donors (Lipinski definition) is 3. The Labute approximate surface area is 164 Å². The van der Waals surface area contributed by atoms with E-state index in [1.54, 1.807) is 0 Å². The highest BCUT2D eigenvalue weighted by atomic mass is 16.5. The molecule has 0 bridgehead atoms. The summed E-state index contributed by atoms with van der Waals surface area (Å²) < 4.78 is 0. The lowest BCUT2D eigenvalue weighted by atomic mass is 9.42. The molecule has 0 aromatic rings. The molecular formula is C23H39N2O2. The number of aliphatic hydroxyl groups is 2. The van der Waals surface area contributed by atoms with Crippen molar-refractivity contribution in [2.24, 2.45) is 40.4 Å². The summed E-state index contributed by atoms with van der Waals surface area (Å²) in [7, 11) is 0. The first kappa shape index (κ1) is 18.8. The smallest absolute Gasteiger partial charge is 0.173 e. The summed E-state index contributed by atoms with van der Waals surface area (Å²) in [4.78, 5) is 0. The molecule has 1 radical (unpaired) electrons. The molecule has 5 rings (SSSR count). The van der Waals surface area contributed by atoms with Crippen LogP contribution in [0, 0.1) is 40.4 Å². The van der Waals surface area contributed by atoms with Crippen LogP contribution in [0.5, 0.6) is 0 Å². The highest BCUT2D eigenvalue weighted by Gasteiger charge is 2.67. The highest BCUT2D eigenvalue weighted by molar-refractivity contribution is 5.13. The summed E-state index contributed by atoms with van der Waals surface area (Å²) in [5, 5.41) is 31.7. The Morgan fingerprint density at radius 1 is 0.889 bits per heavy atom. The molecule has 0 amide bonds. The highest BCUT2D eigenvalue weighted by Crippen LogP contribution is 2.68. The van der Waals surface area contributed by atoms with Gasteiger partial charge in [0.15, 0.2) is 5.79 Å². The minimum Gasteiger partial charge on any atom is -0.365 e. The zero-order valence-corrected chi connectivity index (χ0v) is 17.3. The number of hydrogen-bond acceptors (Lipinski definition) is 3. The van der Waals surface area contributed by atoms with Crippen molar-refractivity contribution in [3.05, 3.63) is 0 Å². The second-order valence-electron chi connectivity index (χ2n) is 11.1. The molecule has 4 heteroatoms. The maximum absolute atomic E-state index is 11.8. The van der Waals surface area contributed by atoms with Gasteiger partial charge in [0.2, 0.25) is 0 Å². The molecule has 5 aliphatic rings. The summed E-state index contributed by atoms with van der Waals surface area (Å²) in [6.07, 6.45) is 11.2. The lowest BCUT2D eigenvalue weighted by Crippen LogP contribution is -2.69. The zero-order valence-electron chi connectivity index (χ0n) is 17.3. The minimum atomic E-state index is -1.58. The Kier molecular flexibility index (Phi) is 4.48. The third kappa shape index (κ3) is 2.55. The SMILES string of the molecule is C[C@@]12CCC[C@H]1[C@@H]1CCC3CCC(C4CNCC[N]4)C(O)(O)[C@]3(C)[C@H]1CC2. The second-order valence-corrected chi connectivity index (χ2v) is 11.1. The van der Waals surface area contributed by atoms with Gasteiger partial charge in [0.05, 0.1) is 0 Å². The lowest BCUT2D eigenvalue weighted by Gasteiger charge is -2.65. The van der Waals surface area contributed by atoms with Gasteiger partial charge < -0.3 is 15.5 Å². The predicted molar refractivity (Wildman–Crippen MR) is 106 cm³/mol. The normalized spacial score (nSPS) is 54.7. The Morgan fingerprint density at radius 2 is 1.70 bits per heavy atom. The van der Waals surface area contributed by atoms with Crippen LogP contribution in [0.15, 0.2) is 0 Å². The number of rotatable bonds is 1. The first-order valence-electron chi connectivity index (χ1n) is 11.7. The number of nitrogens with one attached hydrogen (secondary N) is 1. The first-order valence-corrected chi connectivity index (χ1v) is 11.7. The van der Waals surface area contributed by atoms with E-state index in [0.717, 1.165) is 38.4 Å². The van der Waals surface area contributed by atoms with Gasteiger partial charge in [0.1, 0.15) is 0 Å². The Bertz CT molecular complexity index is 575. The van der Waals surface area contributed by atoms with Gasteiger partial charge in [-0.25, -0.2) is 5.32 Å². The lowest BCUT2D eigenvalue weighted by molar-refractivity contribution is -0.341.